The van der Waals surface area contributed by atoms with Crippen LogP contribution in [0, 0.1) is 11.7 Å². The number of nitrogens with zero attached hydrogens (tertiary/aromatic N) is 3. The molecule has 0 radical (unpaired) electrons. The highest BCUT2D eigenvalue weighted by Crippen LogP contribution is 2.28. The molecule has 2 aliphatic rings. The van der Waals surface area contributed by atoms with Crippen LogP contribution < -0.4 is 15.2 Å². The van der Waals surface area contributed by atoms with Crippen molar-refractivity contribution >= 4 is 52.1 Å². The number of benzene rings is 2. The first-order chi connectivity index (χ1) is 14.4. The van der Waals surface area contributed by atoms with E-state index < -0.39 is 29.5 Å². The van der Waals surface area contributed by atoms with Crippen LogP contribution in [0.15, 0.2) is 71.3 Å². The van der Waals surface area contributed by atoms with E-state index in [4.69, 9.17) is 12.2 Å². The topological polar surface area (TPSA) is 82.1 Å². The van der Waals surface area contributed by atoms with Crippen molar-refractivity contribution in [1.82, 2.24) is 5.32 Å². The monoisotopic (exact) mass is 422 g/mol. The van der Waals surface area contributed by atoms with E-state index in [1.807, 2.05) is 6.07 Å². The van der Waals surface area contributed by atoms with Gasteiger partial charge in [0.15, 0.2) is 5.11 Å². The maximum Gasteiger partial charge on any atom is 0.270 e. The lowest BCUT2D eigenvalue weighted by molar-refractivity contribution is -0.122. The van der Waals surface area contributed by atoms with Crippen molar-refractivity contribution in [3.8, 4) is 0 Å². The minimum absolute atomic E-state index is 0.0903. The number of thiocarbonyl (C=S) groups is 1. The van der Waals surface area contributed by atoms with E-state index in [1.165, 1.54) is 29.3 Å². The van der Waals surface area contributed by atoms with Gasteiger partial charge in [0.05, 0.1) is 23.0 Å². The van der Waals surface area contributed by atoms with Gasteiger partial charge in [0.25, 0.3) is 17.7 Å². The summed E-state index contributed by atoms with van der Waals surface area (Å²) in [4.78, 5) is 39.3. The number of rotatable bonds is 3. The molecule has 1 N–H and O–H groups in total. The summed E-state index contributed by atoms with van der Waals surface area (Å²) in [5.41, 5.74) is 0.584. The van der Waals surface area contributed by atoms with Crippen molar-refractivity contribution in [2.75, 3.05) is 9.91 Å². The smallest absolute Gasteiger partial charge is 0.270 e. The van der Waals surface area contributed by atoms with Gasteiger partial charge in [-0.15, -0.1) is 0 Å². The number of carbonyl (C=O) groups excluding carboxylic acids is 3. The summed E-state index contributed by atoms with van der Waals surface area (Å²) in [6, 6.07) is 14.4. The largest absolute Gasteiger partial charge is 0.298 e. The van der Waals surface area contributed by atoms with Crippen molar-refractivity contribution in [1.29, 1.82) is 0 Å². The van der Waals surface area contributed by atoms with E-state index in [2.05, 4.69) is 10.4 Å². The van der Waals surface area contributed by atoms with Gasteiger partial charge in [-0.3, -0.25) is 19.7 Å². The third kappa shape index (κ3) is 3.29. The fourth-order valence-electron chi connectivity index (χ4n) is 3.22. The number of hydrogen-bond donors (Lipinski definition) is 1. The third-order valence-corrected chi connectivity index (χ3v) is 5.00. The number of halogens is 1. The quantitative estimate of drug-likeness (QED) is 0.468. The van der Waals surface area contributed by atoms with E-state index in [0.29, 0.717) is 11.4 Å². The predicted molar refractivity (Wildman–Crippen MR) is 113 cm³/mol. The fourth-order valence-corrected chi connectivity index (χ4v) is 3.50. The molecule has 9 heteroatoms. The molecule has 0 saturated carbocycles. The maximum absolute atomic E-state index is 14.2. The number of amides is 3. The molecule has 1 fully saturated rings. The highest BCUT2D eigenvalue weighted by Gasteiger charge is 2.39. The SMILES string of the molecule is CC1=NN(c2ccccc2)C(=O)C1C=C1C(=O)NC(=S)N(c2ccccc2F)C1=O. The molecular formula is C21H15FN4O3S. The summed E-state index contributed by atoms with van der Waals surface area (Å²) >= 11 is 5.07. The lowest BCUT2D eigenvalue weighted by Crippen LogP contribution is -2.54. The predicted octanol–water partition coefficient (Wildman–Crippen LogP) is 2.54. The Balaban J connectivity index is 1.69. The van der Waals surface area contributed by atoms with E-state index in [0.717, 1.165) is 4.90 Å². The Hall–Kier alpha value is -3.72. The standard InChI is InChI=1S/C21H15FN4O3S/c1-12-14(20(29)26(24-12)13-7-3-2-4-8-13)11-15-18(27)23-21(30)25(19(15)28)17-10-6-5-9-16(17)22/h2-11,14H,1H3,(H,23,27,30). The van der Waals surface area contributed by atoms with E-state index >= 15 is 0 Å². The van der Waals surface area contributed by atoms with Crippen LogP contribution in [0.2, 0.25) is 0 Å². The summed E-state index contributed by atoms with van der Waals surface area (Å²) in [6.45, 7) is 1.63. The first kappa shape index (κ1) is 19.6. The number of nitrogens with one attached hydrogen (secondary N) is 1. The van der Waals surface area contributed by atoms with Crippen LogP contribution in [0.25, 0.3) is 0 Å². The zero-order valence-corrected chi connectivity index (χ0v) is 16.5. The van der Waals surface area contributed by atoms with Crippen LogP contribution in [0.4, 0.5) is 15.8 Å². The first-order valence-corrected chi connectivity index (χ1v) is 9.39. The molecule has 2 heterocycles. The Kier molecular flexibility index (Phi) is 4.96. The zero-order valence-electron chi connectivity index (χ0n) is 15.7. The summed E-state index contributed by atoms with van der Waals surface area (Å²) < 4.78 is 14.2. The Morgan fingerprint density at radius 2 is 1.73 bits per heavy atom. The first-order valence-electron chi connectivity index (χ1n) is 8.98. The van der Waals surface area contributed by atoms with Gasteiger partial charge < -0.3 is 0 Å². The van der Waals surface area contributed by atoms with Crippen LogP contribution in [0.5, 0.6) is 0 Å². The highest BCUT2D eigenvalue weighted by atomic mass is 32.1. The van der Waals surface area contributed by atoms with Gasteiger partial charge in [0.2, 0.25) is 0 Å². The molecule has 3 amide bonds. The molecule has 0 spiro atoms. The van der Waals surface area contributed by atoms with E-state index in [1.54, 1.807) is 37.3 Å². The van der Waals surface area contributed by atoms with Crippen molar-refractivity contribution in [2.24, 2.45) is 11.0 Å². The normalized spacial score (nSPS) is 20.7. The van der Waals surface area contributed by atoms with Crippen LogP contribution >= 0.6 is 12.2 Å². The Morgan fingerprint density at radius 3 is 2.43 bits per heavy atom. The minimum Gasteiger partial charge on any atom is -0.298 e. The number of hydrogen-bond acceptors (Lipinski definition) is 5. The number of carbonyl (C=O) groups is 3. The molecule has 1 unspecified atom stereocenters. The van der Waals surface area contributed by atoms with E-state index in [9.17, 15) is 18.8 Å². The van der Waals surface area contributed by atoms with Gasteiger partial charge in [-0.05, 0) is 49.5 Å². The Morgan fingerprint density at radius 1 is 1.07 bits per heavy atom. The van der Waals surface area contributed by atoms with E-state index in [-0.39, 0.29) is 16.4 Å². The van der Waals surface area contributed by atoms with Crippen molar-refractivity contribution in [3.63, 3.8) is 0 Å². The summed E-state index contributed by atoms with van der Waals surface area (Å²) in [6.07, 6.45) is 1.25. The van der Waals surface area contributed by atoms with Crippen LogP contribution in [-0.4, -0.2) is 28.5 Å². The number of hydrazone groups is 1. The van der Waals surface area contributed by atoms with Gasteiger partial charge in [-0.2, -0.15) is 10.1 Å². The molecule has 7 nitrogen and oxygen atoms in total. The molecule has 2 aromatic rings. The van der Waals surface area contributed by atoms with Crippen LogP contribution in [0.3, 0.4) is 0 Å². The lowest BCUT2D eigenvalue weighted by Gasteiger charge is -2.29. The van der Waals surface area contributed by atoms with Gasteiger partial charge >= 0.3 is 0 Å². The van der Waals surface area contributed by atoms with Crippen LogP contribution in [-0.2, 0) is 14.4 Å². The second kappa shape index (κ2) is 7.60. The molecule has 30 heavy (non-hydrogen) atoms. The molecule has 0 bridgehead atoms. The van der Waals surface area contributed by atoms with Crippen molar-refractivity contribution in [3.05, 3.63) is 72.1 Å². The van der Waals surface area contributed by atoms with Gasteiger partial charge in [-0.25, -0.2) is 9.29 Å². The van der Waals surface area contributed by atoms with Crippen molar-refractivity contribution < 1.29 is 18.8 Å². The van der Waals surface area contributed by atoms with Gasteiger partial charge in [0.1, 0.15) is 11.4 Å². The maximum atomic E-state index is 14.2. The summed E-state index contributed by atoms with van der Waals surface area (Å²) in [5.74, 6) is -3.56. The highest BCUT2D eigenvalue weighted by molar-refractivity contribution is 7.80. The second-order valence-electron chi connectivity index (χ2n) is 6.64. The average molecular weight is 422 g/mol. The molecule has 0 aromatic heterocycles. The van der Waals surface area contributed by atoms with Gasteiger partial charge in [-0.1, -0.05) is 30.3 Å². The fraction of sp³-hybridized carbons (Fsp3) is 0.0952. The number of para-hydroxylation sites is 2. The molecule has 4 rings (SSSR count). The molecule has 0 aliphatic carbocycles. The second-order valence-corrected chi connectivity index (χ2v) is 7.02. The Labute approximate surface area is 176 Å². The average Bonchev–Trinajstić information content (AvgIpc) is 3.01. The Bertz CT molecular complexity index is 1150. The molecule has 150 valence electrons. The molecule has 2 aromatic carbocycles. The molecule has 1 atom stereocenters. The molecule has 1 saturated heterocycles. The molecular weight excluding hydrogens is 407 g/mol. The zero-order chi connectivity index (χ0) is 21.4. The third-order valence-electron chi connectivity index (χ3n) is 4.71. The van der Waals surface area contributed by atoms with Crippen LogP contribution in [0.1, 0.15) is 6.92 Å². The molecule has 2 aliphatic heterocycles. The summed E-state index contributed by atoms with van der Waals surface area (Å²) in [7, 11) is 0. The lowest BCUT2D eigenvalue weighted by atomic mass is 9.98. The van der Waals surface area contributed by atoms with Gasteiger partial charge in [0, 0.05) is 0 Å². The minimum atomic E-state index is -0.913. The van der Waals surface area contributed by atoms with Crippen molar-refractivity contribution in [2.45, 2.75) is 6.92 Å². The number of anilines is 2. The summed E-state index contributed by atoms with van der Waals surface area (Å²) in [5, 5.41) is 7.63.